The summed E-state index contributed by atoms with van der Waals surface area (Å²) in [5.41, 5.74) is 0. The molecule has 1 atom stereocenters. The summed E-state index contributed by atoms with van der Waals surface area (Å²) in [5, 5.41) is 5.89. The smallest absolute Gasteiger partial charge is 0.328 e. The molecule has 0 spiro atoms. The number of nitrogens with one attached hydrogen (secondary N) is 2. The van der Waals surface area contributed by atoms with Crippen molar-refractivity contribution >= 4 is 17.8 Å². The molecule has 0 aliphatic rings. The quantitative estimate of drug-likeness (QED) is 0.0609. The average molecular weight is 589 g/mol. The number of ether oxygens (including phenoxy) is 1. The minimum Gasteiger partial charge on any atom is -0.464 e. The maximum Gasteiger partial charge on any atom is 0.328 e. The molecule has 42 heavy (non-hydrogen) atoms. The molecule has 0 saturated carbocycles. The van der Waals surface area contributed by atoms with Crippen LogP contribution in [0.1, 0.15) is 149 Å². The van der Waals surface area contributed by atoms with Crippen molar-refractivity contribution in [1.82, 2.24) is 10.6 Å². The zero-order valence-electron chi connectivity index (χ0n) is 27.0. The van der Waals surface area contributed by atoms with Crippen molar-refractivity contribution in [1.29, 1.82) is 0 Å². The predicted octanol–water partition coefficient (Wildman–Crippen LogP) is 7.35. The number of aryl methyl sites for hydroxylation is 1. The van der Waals surface area contributed by atoms with Gasteiger partial charge in [-0.15, -0.1) is 0 Å². The van der Waals surface area contributed by atoms with Crippen molar-refractivity contribution in [3.05, 3.63) is 30.6 Å². The molecule has 1 heterocycles. The van der Waals surface area contributed by atoms with Gasteiger partial charge in [0.05, 0.1) is 6.61 Å². The predicted molar refractivity (Wildman–Crippen MR) is 171 cm³/mol. The van der Waals surface area contributed by atoms with Crippen LogP contribution in [0.5, 0.6) is 0 Å². The molecular formula is C35H62N3O4+. The van der Waals surface area contributed by atoms with E-state index in [1.165, 1.54) is 70.6 Å². The van der Waals surface area contributed by atoms with Crippen molar-refractivity contribution in [2.45, 2.75) is 161 Å². The third-order valence-electron chi connectivity index (χ3n) is 7.75. The van der Waals surface area contributed by atoms with Crippen LogP contribution in [-0.2, 0) is 25.7 Å². The second-order valence-corrected chi connectivity index (χ2v) is 11.6. The zero-order chi connectivity index (χ0) is 30.5. The van der Waals surface area contributed by atoms with E-state index in [-0.39, 0.29) is 17.8 Å². The van der Waals surface area contributed by atoms with Gasteiger partial charge in [-0.3, -0.25) is 9.59 Å². The molecule has 2 amide bonds. The summed E-state index contributed by atoms with van der Waals surface area (Å²) < 4.78 is 7.41. The number of hydrogen-bond acceptors (Lipinski definition) is 4. The van der Waals surface area contributed by atoms with Gasteiger partial charge in [-0.2, -0.15) is 0 Å². The Bertz CT molecular complexity index is 803. The molecule has 7 heteroatoms. The summed E-state index contributed by atoms with van der Waals surface area (Å²) in [6.45, 7) is 5.98. The van der Waals surface area contributed by atoms with Crippen LogP contribution >= 0.6 is 0 Å². The number of pyridine rings is 1. The summed E-state index contributed by atoms with van der Waals surface area (Å²) in [6.07, 6.45) is 26.3. The van der Waals surface area contributed by atoms with Crippen LogP contribution in [0.2, 0.25) is 0 Å². The Kier molecular flexibility index (Phi) is 24.5. The van der Waals surface area contributed by atoms with E-state index < -0.39 is 6.04 Å². The lowest BCUT2D eigenvalue weighted by atomic mass is 10.1. The van der Waals surface area contributed by atoms with E-state index >= 15 is 0 Å². The lowest BCUT2D eigenvalue weighted by molar-refractivity contribution is -0.697. The van der Waals surface area contributed by atoms with Crippen molar-refractivity contribution in [3.63, 3.8) is 0 Å². The van der Waals surface area contributed by atoms with Crippen LogP contribution in [0.4, 0.5) is 0 Å². The molecule has 0 saturated heterocycles. The Labute approximate surface area is 257 Å². The number of rotatable bonds is 28. The standard InChI is InChI=1S/C35H61N3O4/c1-3-5-6-7-8-9-11-14-18-26-33(39)36-28-21-20-25-32(35(41)42-4-2)37-34(40)27-19-15-12-10-13-16-22-29-38-30-23-17-24-31-38/h17,23-24,30-32H,3-16,18-22,25-29H2,1-2H3,(H-,36,37,39,40)/p+1/t32-/m0/s1. The topological polar surface area (TPSA) is 88.4 Å². The number of unbranched alkanes of at least 4 members (excludes halogenated alkanes) is 15. The van der Waals surface area contributed by atoms with Crippen molar-refractivity contribution < 1.29 is 23.7 Å². The zero-order valence-corrected chi connectivity index (χ0v) is 27.0. The van der Waals surface area contributed by atoms with Gasteiger partial charge < -0.3 is 15.4 Å². The average Bonchev–Trinajstić information content (AvgIpc) is 2.99. The Hall–Kier alpha value is -2.44. The van der Waals surface area contributed by atoms with E-state index in [9.17, 15) is 14.4 Å². The maximum atomic E-state index is 12.5. The highest BCUT2D eigenvalue weighted by atomic mass is 16.5. The third-order valence-corrected chi connectivity index (χ3v) is 7.75. The minimum absolute atomic E-state index is 0.0813. The van der Waals surface area contributed by atoms with Gasteiger partial charge >= 0.3 is 5.97 Å². The molecule has 0 aliphatic heterocycles. The molecule has 1 aromatic heterocycles. The number of aromatic nitrogens is 1. The van der Waals surface area contributed by atoms with E-state index in [0.29, 0.717) is 32.4 Å². The summed E-state index contributed by atoms with van der Waals surface area (Å²) in [6, 6.07) is 5.55. The summed E-state index contributed by atoms with van der Waals surface area (Å²) in [5.74, 6) is -0.338. The third kappa shape index (κ3) is 22.2. The normalized spacial score (nSPS) is 11.7. The fourth-order valence-electron chi connectivity index (χ4n) is 5.19. The molecule has 0 aliphatic carbocycles. The van der Waals surface area contributed by atoms with Crippen molar-refractivity contribution in [2.24, 2.45) is 0 Å². The molecule has 2 N–H and O–H groups in total. The molecule has 1 rings (SSSR count). The molecular weight excluding hydrogens is 526 g/mol. The Morgan fingerprint density at radius 3 is 1.79 bits per heavy atom. The van der Waals surface area contributed by atoms with Gasteiger partial charge in [0.2, 0.25) is 11.8 Å². The van der Waals surface area contributed by atoms with Gasteiger partial charge in [0.1, 0.15) is 12.6 Å². The first-order valence-electron chi connectivity index (χ1n) is 17.2. The number of amides is 2. The Balaban J connectivity index is 2.07. The van der Waals surface area contributed by atoms with Crippen molar-refractivity contribution in [2.75, 3.05) is 13.2 Å². The second kappa shape index (κ2) is 27.4. The molecule has 7 nitrogen and oxygen atoms in total. The first kappa shape index (κ1) is 37.6. The van der Waals surface area contributed by atoms with Crippen LogP contribution < -0.4 is 15.2 Å². The second-order valence-electron chi connectivity index (χ2n) is 11.6. The maximum absolute atomic E-state index is 12.5. The van der Waals surface area contributed by atoms with E-state index in [1.54, 1.807) is 6.92 Å². The summed E-state index contributed by atoms with van der Waals surface area (Å²) in [7, 11) is 0. The fraction of sp³-hybridized carbons (Fsp3) is 0.771. The molecule has 0 unspecified atom stereocenters. The summed E-state index contributed by atoms with van der Waals surface area (Å²) in [4.78, 5) is 37.0. The van der Waals surface area contributed by atoms with Gasteiger partial charge in [-0.05, 0) is 45.4 Å². The molecule has 0 fully saturated rings. The van der Waals surface area contributed by atoms with Gasteiger partial charge in [-0.1, -0.05) is 90.0 Å². The number of hydrogen-bond donors (Lipinski definition) is 2. The minimum atomic E-state index is -0.613. The van der Waals surface area contributed by atoms with E-state index in [4.69, 9.17) is 4.74 Å². The van der Waals surface area contributed by atoms with E-state index in [2.05, 4.69) is 46.7 Å². The molecule has 240 valence electrons. The van der Waals surface area contributed by atoms with Crippen LogP contribution in [0.3, 0.4) is 0 Å². The number of esters is 1. The Morgan fingerprint density at radius 2 is 1.19 bits per heavy atom. The monoisotopic (exact) mass is 588 g/mol. The van der Waals surface area contributed by atoms with Crippen LogP contribution in [0.15, 0.2) is 30.6 Å². The van der Waals surface area contributed by atoms with Gasteiger partial charge in [0.15, 0.2) is 12.4 Å². The first-order valence-corrected chi connectivity index (χ1v) is 17.2. The number of carbonyl (C=O) groups excluding carboxylic acids is 3. The highest BCUT2D eigenvalue weighted by Crippen LogP contribution is 2.11. The first-order chi connectivity index (χ1) is 20.6. The lowest BCUT2D eigenvalue weighted by Gasteiger charge is -2.17. The SMILES string of the molecule is CCCCCCCCCCCC(=O)NCCCC[C@H](NC(=O)CCCCCCCCC[n+]1ccccc1)C(=O)OCC. The molecule has 0 radical (unpaired) electrons. The number of carbonyl (C=O) groups is 3. The Morgan fingerprint density at radius 1 is 0.643 bits per heavy atom. The van der Waals surface area contributed by atoms with E-state index in [1.807, 2.05) is 6.07 Å². The van der Waals surface area contributed by atoms with Crippen LogP contribution in [-0.4, -0.2) is 37.0 Å². The highest BCUT2D eigenvalue weighted by Gasteiger charge is 2.21. The van der Waals surface area contributed by atoms with Gasteiger partial charge in [0, 0.05) is 37.9 Å². The molecule has 1 aromatic rings. The van der Waals surface area contributed by atoms with E-state index in [0.717, 1.165) is 51.5 Å². The number of nitrogens with zero attached hydrogens (tertiary/aromatic N) is 1. The largest absolute Gasteiger partial charge is 0.464 e. The fourth-order valence-corrected chi connectivity index (χ4v) is 5.19. The summed E-state index contributed by atoms with van der Waals surface area (Å²) >= 11 is 0. The van der Waals surface area contributed by atoms with Crippen LogP contribution in [0.25, 0.3) is 0 Å². The van der Waals surface area contributed by atoms with Gasteiger partial charge in [0.25, 0.3) is 0 Å². The molecule has 0 bridgehead atoms. The van der Waals surface area contributed by atoms with Crippen molar-refractivity contribution in [3.8, 4) is 0 Å². The highest BCUT2D eigenvalue weighted by molar-refractivity contribution is 5.84. The van der Waals surface area contributed by atoms with Gasteiger partial charge in [-0.25, -0.2) is 9.36 Å². The van der Waals surface area contributed by atoms with Crippen LogP contribution in [0, 0.1) is 0 Å². The molecule has 0 aromatic carbocycles. The lowest BCUT2D eigenvalue weighted by Crippen LogP contribution is -2.41.